The number of fused-ring (bicyclic) bond motifs is 3. The summed E-state index contributed by atoms with van der Waals surface area (Å²) in [6.07, 6.45) is 4.00. The van der Waals surface area contributed by atoms with E-state index >= 15 is 0 Å². The van der Waals surface area contributed by atoms with Crippen LogP contribution >= 0.6 is 0 Å². The smallest absolute Gasteiger partial charge is 0.257 e. The van der Waals surface area contributed by atoms with Crippen molar-refractivity contribution in [3.8, 4) is 11.5 Å². The number of ether oxygens (including phenoxy) is 3. The molecule has 0 unspecified atom stereocenters. The number of para-hydroxylation sites is 1. The van der Waals surface area contributed by atoms with E-state index in [9.17, 15) is 4.79 Å². The highest BCUT2D eigenvalue weighted by molar-refractivity contribution is 5.95. The lowest BCUT2D eigenvalue weighted by molar-refractivity contribution is -0.192. The van der Waals surface area contributed by atoms with Crippen molar-refractivity contribution in [1.29, 1.82) is 0 Å². The predicted molar refractivity (Wildman–Crippen MR) is 110 cm³/mol. The molecular formula is C23H27N3O4. The Balaban J connectivity index is 1.36. The van der Waals surface area contributed by atoms with Crippen LogP contribution in [0.1, 0.15) is 48.0 Å². The molecule has 7 nitrogen and oxygen atoms in total. The number of methoxy groups -OCH3 is 1. The Morgan fingerprint density at radius 2 is 2.10 bits per heavy atom. The maximum absolute atomic E-state index is 12.9. The summed E-state index contributed by atoms with van der Waals surface area (Å²) in [5.74, 6) is 1.72. The molecule has 1 amide bonds. The van der Waals surface area contributed by atoms with Gasteiger partial charge in [-0.1, -0.05) is 12.1 Å². The average Bonchev–Trinajstić information content (AvgIpc) is 2.71. The molecule has 1 spiro atoms. The van der Waals surface area contributed by atoms with Gasteiger partial charge in [-0.3, -0.25) is 4.79 Å². The Morgan fingerprint density at radius 1 is 1.30 bits per heavy atom. The van der Waals surface area contributed by atoms with E-state index in [1.807, 2.05) is 24.0 Å². The first kappa shape index (κ1) is 19.3. The molecule has 158 valence electrons. The van der Waals surface area contributed by atoms with Crippen molar-refractivity contribution < 1.29 is 19.0 Å². The Hall–Kier alpha value is -2.67. The molecule has 5 rings (SSSR count). The molecule has 2 atom stereocenters. The molecule has 2 saturated heterocycles. The monoisotopic (exact) mass is 409 g/mol. The molecule has 0 aliphatic carbocycles. The van der Waals surface area contributed by atoms with Gasteiger partial charge < -0.3 is 19.1 Å². The van der Waals surface area contributed by atoms with E-state index < -0.39 is 5.60 Å². The molecule has 3 aliphatic rings. The number of benzene rings is 1. The van der Waals surface area contributed by atoms with Crippen molar-refractivity contribution in [1.82, 2.24) is 14.9 Å². The molecule has 3 aliphatic heterocycles. The van der Waals surface area contributed by atoms with Gasteiger partial charge in [-0.05, 0) is 33.3 Å². The molecule has 0 saturated carbocycles. The minimum Gasteiger partial charge on any atom is -0.493 e. The first-order chi connectivity index (χ1) is 14.3. The van der Waals surface area contributed by atoms with Gasteiger partial charge in [-0.15, -0.1) is 0 Å². The fourth-order valence-electron chi connectivity index (χ4n) is 5.20. The van der Waals surface area contributed by atoms with Crippen LogP contribution < -0.4 is 9.47 Å². The highest BCUT2D eigenvalue weighted by Crippen LogP contribution is 2.56. The van der Waals surface area contributed by atoms with E-state index in [1.54, 1.807) is 13.3 Å². The second-order valence-electron chi connectivity index (χ2n) is 9.31. The quantitative estimate of drug-likeness (QED) is 0.759. The van der Waals surface area contributed by atoms with Crippen LogP contribution in [0.3, 0.4) is 0 Å². The Morgan fingerprint density at radius 3 is 2.83 bits per heavy atom. The summed E-state index contributed by atoms with van der Waals surface area (Å²) in [5, 5.41) is 0. The van der Waals surface area contributed by atoms with Crippen molar-refractivity contribution >= 4 is 5.91 Å². The van der Waals surface area contributed by atoms with Gasteiger partial charge in [0.2, 0.25) is 0 Å². The van der Waals surface area contributed by atoms with Gasteiger partial charge >= 0.3 is 0 Å². The minimum atomic E-state index is -0.395. The maximum atomic E-state index is 12.9. The van der Waals surface area contributed by atoms with Gasteiger partial charge in [0.05, 0.1) is 31.1 Å². The number of carbonyl (C=O) groups is 1. The van der Waals surface area contributed by atoms with Gasteiger partial charge in [0.1, 0.15) is 11.9 Å². The predicted octanol–water partition coefficient (Wildman–Crippen LogP) is 3.18. The number of hydrogen-bond donors (Lipinski definition) is 0. The normalized spacial score (nSPS) is 25.5. The van der Waals surface area contributed by atoms with Crippen LogP contribution in [0.4, 0.5) is 0 Å². The topological polar surface area (TPSA) is 73.8 Å². The number of nitrogens with zero attached hydrogens (tertiary/aromatic N) is 3. The molecular weight excluding hydrogens is 382 g/mol. The van der Waals surface area contributed by atoms with E-state index in [0.717, 1.165) is 23.5 Å². The molecule has 2 aromatic rings. The average molecular weight is 409 g/mol. The molecule has 1 aromatic heterocycles. The van der Waals surface area contributed by atoms with E-state index in [-0.39, 0.29) is 23.3 Å². The van der Waals surface area contributed by atoms with Gasteiger partial charge in [-0.2, -0.15) is 0 Å². The zero-order chi connectivity index (χ0) is 21.1. The zero-order valence-corrected chi connectivity index (χ0v) is 17.8. The summed E-state index contributed by atoms with van der Waals surface area (Å²) in [7, 11) is 1.66. The number of hydrogen-bond acceptors (Lipinski definition) is 6. The van der Waals surface area contributed by atoms with E-state index in [1.165, 1.54) is 6.33 Å². The van der Waals surface area contributed by atoms with E-state index in [2.05, 4.69) is 29.9 Å². The summed E-state index contributed by atoms with van der Waals surface area (Å²) >= 11 is 0. The first-order valence-electron chi connectivity index (χ1n) is 10.4. The third-order valence-electron chi connectivity index (χ3n) is 6.86. The summed E-state index contributed by atoms with van der Waals surface area (Å²) in [4.78, 5) is 22.9. The molecule has 0 N–H and O–H groups in total. The van der Waals surface area contributed by atoms with Crippen molar-refractivity contribution in [2.45, 2.75) is 38.9 Å². The lowest BCUT2D eigenvalue weighted by Crippen LogP contribution is -2.65. The molecule has 4 heterocycles. The van der Waals surface area contributed by atoms with E-state index in [0.29, 0.717) is 31.0 Å². The molecule has 30 heavy (non-hydrogen) atoms. The maximum Gasteiger partial charge on any atom is 0.257 e. The van der Waals surface area contributed by atoms with Gasteiger partial charge in [0.25, 0.3) is 5.91 Å². The van der Waals surface area contributed by atoms with Crippen LogP contribution in [0.25, 0.3) is 0 Å². The van der Waals surface area contributed by atoms with Crippen LogP contribution in [-0.4, -0.2) is 53.2 Å². The van der Waals surface area contributed by atoms with Crippen LogP contribution in [0.15, 0.2) is 30.7 Å². The number of aromatic nitrogens is 2. The third kappa shape index (κ3) is 2.87. The van der Waals surface area contributed by atoms with Gasteiger partial charge in [0, 0.05) is 36.2 Å². The number of rotatable bonds is 2. The van der Waals surface area contributed by atoms with Crippen LogP contribution in [0.5, 0.6) is 11.5 Å². The van der Waals surface area contributed by atoms with Crippen molar-refractivity contribution in [3.63, 3.8) is 0 Å². The van der Waals surface area contributed by atoms with Crippen LogP contribution in [-0.2, 0) is 4.74 Å². The van der Waals surface area contributed by atoms with Crippen LogP contribution in [0.2, 0.25) is 0 Å². The standard InChI is InChI=1S/C23H27N3O4/c1-14-16(9-24-13-25-14)21(27)26-10-23(11-26)8-17-19(29-12-23)15-6-5-7-18(28-4)20(15)30-22(17,2)3/h5-7,9,13,17,19H,8,10-12H2,1-4H3/t17-,19+/m0/s1. The lowest BCUT2D eigenvalue weighted by atomic mass is 9.64. The summed E-state index contributed by atoms with van der Waals surface area (Å²) in [5.41, 5.74) is 1.91. The molecule has 7 heteroatoms. The summed E-state index contributed by atoms with van der Waals surface area (Å²) in [6, 6.07) is 5.97. The first-order valence-corrected chi connectivity index (χ1v) is 10.4. The molecule has 1 aromatic carbocycles. The number of amides is 1. The third-order valence-corrected chi connectivity index (χ3v) is 6.86. The molecule has 0 radical (unpaired) electrons. The lowest BCUT2D eigenvalue weighted by Gasteiger charge is -2.58. The number of carbonyl (C=O) groups excluding carboxylic acids is 1. The van der Waals surface area contributed by atoms with Crippen molar-refractivity contribution in [2.75, 3.05) is 26.8 Å². The van der Waals surface area contributed by atoms with Crippen molar-refractivity contribution in [2.24, 2.45) is 11.3 Å². The Labute approximate surface area is 176 Å². The fraction of sp³-hybridized carbons (Fsp3) is 0.522. The second kappa shape index (κ2) is 6.67. The number of likely N-dealkylation sites (tertiary alicyclic amines) is 1. The highest BCUT2D eigenvalue weighted by atomic mass is 16.5. The van der Waals surface area contributed by atoms with Gasteiger partial charge in [0.15, 0.2) is 11.5 Å². The van der Waals surface area contributed by atoms with Gasteiger partial charge in [-0.25, -0.2) is 9.97 Å². The SMILES string of the molecule is COc1cccc2c1OC(C)(C)[C@H]1CC3(CO[C@H]21)CN(C(=O)c1cncnc1C)C3. The second-order valence-corrected chi connectivity index (χ2v) is 9.31. The van der Waals surface area contributed by atoms with E-state index in [4.69, 9.17) is 14.2 Å². The fourth-order valence-corrected chi connectivity index (χ4v) is 5.20. The molecule has 2 fully saturated rings. The summed E-state index contributed by atoms with van der Waals surface area (Å²) < 4.78 is 18.4. The van der Waals surface area contributed by atoms with Crippen LogP contribution in [0, 0.1) is 18.3 Å². The molecule has 0 bridgehead atoms. The Bertz CT molecular complexity index is 1000. The zero-order valence-electron chi connectivity index (χ0n) is 17.8. The number of aryl methyl sites for hydroxylation is 1. The largest absolute Gasteiger partial charge is 0.493 e. The Kier molecular flexibility index (Phi) is 4.29. The minimum absolute atomic E-state index is 0.00455. The van der Waals surface area contributed by atoms with Crippen molar-refractivity contribution in [3.05, 3.63) is 47.5 Å². The highest BCUT2D eigenvalue weighted by Gasteiger charge is 2.57. The summed E-state index contributed by atoms with van der Waals surface area (Å²) in [6.45, 7) is 8.08.